The summed E-state index contributed by atoms with van der Waals surface area (Å²) >= 11 is 0. The molecule has 1 aromatic heterocycles. The van der Waals surface area contributed by atoms with E-state index in [0.717, 1.165) is 0 Å². The lowest BCUT2D eigenvalue weighted by atomic mass is 10.7. The molecule has 46 valence electrons. The van der Waals surface area contributed by atoms with Gasteiger partial charge in [-0.25, -0.2) is 0 Å². The van der Waals surface area contributed by atoms with Crippen LogP contribution in [0.4, 0.5) is 4.70 Å². The fourth-order valence-corrected chi connectivity index (χ4v) is 0.205. The smallest absolute Gasteiger partial charge is 0.0529 e. The second-order valence-corrected chi connectivity index (χ2v) is 0.811. The highest BCUT2D eigenvalue weighted by molar-refractivity contribution is 4.69. The van der Waals surface area contributed by atoms with Gasteiger partial charge in [-0.05, 0) is 11.3 Å². The first-order valence-electron chi connectivity index (χ1n) is 1.58. The van der Waals surface area contributed by atoms with Crippen molar-refractivity contribution in [2.75, 3.05) is 0 Å². The van der Waals surface area contributed by atoms with Crippen LogP contribution in [0.2, 0.25) is 0 Å². The SMILES string of the molecule is F.N.c1cnnnc1. The van der Waals surface area contributed by atoms with Crippen LogP contribution in [0.3, 0.4) is 0 Å². The van der Waals surface area contributed by atoms with Crippen molar-refractivity contribution in [3.63, 3.8) is 0 Å². The topological polar surface area (TPSA) is 73.7 Å². The molecule has 0 aliphatic carbocycles. The van der Waals surface area contributed by atoms with Gasteiger partial charge in [-0.1, -0.05) is 0 Å². The summed E-state index contributed by atoms with van der Waals surface area (Å²) in [6.07, 6.45) is 3.15. The highest BCUT2D eigenvalue weighted by Crippen LogP contribution is 1.61. The Morgan fingerprint density at radius 3 is 1.62 bits per heavy atom. The zero-order valence-corrected chi connectivity index (χ0v) is 4.19. The second kappa shape index (κ2) is 5.90. The maximum atomic E-state index is 3.42. The van der Waals surface area contributed by atoms with Crippen molar-refractivity contribution in [2.24, 2.45) is 0 Å². The molecule has 1 heterocycles. The monoisotopic (exact) mass is 118 g/mol. The van der Waals surface area contributed by atoms with Crippen molar-refractivity contribution in [3.8, 4) is 0 Å². The first-order valence-corrected chi connectivity index (χ1v) is 1.58. The molecule has 0 saturated heterocycles. The standard InChI is InChI=1S/C3H3N3.FH.H3N/c1-2-4-6-5-3-1;;/h1-3H;1H;1H3. The van der Waals surface area contributed by atoms with Crippen molar-refractivity contribution >= 4 is 0 Å². The number of halogens is 1. The molecule has 0 aromatic carbocycles. The molecule has 1 aromatic rings. The van der Waals surface area contributed by atoms with Gasteiger partial charge < -0.3 is 6.15 Å². The number of nitrogens with zero attached hydrogens (tertiary/aromatic N) is 3. The summed E-state index contributed by atoms with van der Waals surface area (Å²) in [4.78, 5) is 0. The molecule has 0 aliphatic heterocycles. The average Bonchev–Trinajstić information content (AvgIpc) is 1.72. The zero-order chi connectivity index (χ0) is 4.24. The molecule has 0 saturated carbocycles. The van der Waals surface area contributed by atoms with E-state index in [-0.39, 0.29) is 10.9 Å². The van der Waals surface area contributed by atoms with Gasteiger partial charge >= 0.3 is 0 Å². The highest BCUT2D eigenvalue weighted by Gasteiger charge is 1.60. The molecule has 0 fully saturated rings. The number of rotatable bonds is 0. The van der Waals surface area contributed by atoms with Crippen LogP contribution in [0.15, 0.2) is 18.5 Å². The molecule has 0 spiro atoms. The molecular formula is C3H7FN4. The Morgan fingerprint density at radius 1 is 1.00 bits per heavy atom. The summed E-state index contributed by atoms with van der Waals surface area (Å²) in [5.41, 5.74) is 0. The van der Waals surface area contributed by atoms with E-state index in [0.29, 0.717) is 0 Å². The minimum absolute atomic E-state index is 0. The molecule has 0 bridgehead atoms. The van der Waals surface area contributed by atoms with Gasteiger partial charge in [0.1, 0.15) is 0 Å². The van der Waals surface area contributed by atoms with E-state index in [1.807, 2.05) is 0 Å². The summed E-state index contributed by atoms with van der Waals surface area (Å²) in [6, 6.07) is 1.72. The summed E-state index contributed by atoms with van der Waals surface area (Å²) in [6.45, 7) is 0. The first kappa shape index (κ1) is 10.0. The first-order chi connectivity index (χ1) is 3.00. The molecule has 0 amide bonds. The van der Waals surface area contributed by atoms with E-state index in [2.05, 4.69) is 15.4 Å². The van der Waals surface area contributed by atoms with Gasteiger partial charge in [0.05, 0.1) is 12.4 Å². The van der Waals surface area contributed by atoms with Crippen molar-refractivity contribution < 1.29 is 4.70 Å². The van der Waals surface area contributed by atoms with E-state index in [1.54, 1.807) is 18.5 Å². The molecule has 0 aliphatic rings. The molecule has 1 rings (SSSR count). The number of hydrogen-bond donors (Lipinski definition) is 1. The fraction of sp³-hybridized carbons (Fsp3) is 0. The number of hydrogen-bond acceptors (Lipinski definition) is 4. The van der Waals surface area contributed by atoms with E-state index in [9.17, 15) is 0 Å². The molecule has 5 heteroatoms. The van der Waals surface area contributed by atoms with Gasteiger partial charge in [-0.2, -0.15) is 0 Å². The van der Waals surface area contributed by atoms with Crippen molar-refractivity contribution in [3.05, 3.63) is 18.5 Å². The lowest BCUT2D eigenvalue weighted by molar-refractivity contribution is 0.865. The maximum absolute atomic E-state index is 3.42. The quantitative estimate of drug-likeness (QED) is 0.527. The minimum atomic E-state index is 0. The largest absolute Gasteiger partial charge is 0.344 e. The third-order valence-corrected chi connectivity index (χ3v) is 0.409. The lowest BCUT2D eigenvalue weighted by Gasteiger charge is -1.68. The summed E-state index contributed by atoms with van der Waals surface area (Å²) in [5, 5.41) is 10.1. The minimum Gasteiger partial charge on any atom is -0.344 e. The normalized spacial score (nSPS) is 6.00. The van der Waals surface area contributed by atoms with Crippen molar-refractivity contribution in [2.45, 2.75) is 0 Å². The van der Waals surface area contributed by atoms with Crippen LogP contribution in [-0.2, 0) is 0 Å². The predicted octanol–water partition coefficient (Wildman–Crippen LogP) is 0.186. The molecular weight excluding hydrogens is 111 g/mol. The molecule has 0 unspecified atom stereocenters. The third-order valence-electron chi connectivity index (χ3n) is 0.409. The van der Waals surface area contributed by atoms with Crippen LogP contribution in [0.1, 0.15) is 0 Å². The summed E-state index contributed by atoms with van der Waals surface area (Å²) in [7, 11) is 0. The van der Waals surface area contributed by atoms with Gasteiger partial charge in [0.15, 0.2) is 0 Å². The zero-order valence-electron chi connectivity index (χ0n) is 4.19. The molecule has 4 nitrogen and oxygen atoms in total. The lowest BCUT2D eigenvalue weighted by Crippen LogP contribution is -1.78. The van der Waals surface area contributed by atoms with Gasteiger partial charge in [0.2, 0.25) is 0 Å². The Bertz CT molecular complexity index is 83.2. The molecule has 8 heavy (non-hydrogen) atoms. The van der Waals surface area contributed by atoms with Crippen LogP contribution in [0, 0.1) is 0 Å². The van der Waals surface area contributed by atoms with E-state index >= 15 is 0 Å². The van der Waals surface area contributed by atoms with Crippen LogP contribution < -0.4 is 6.15 Å². The molecule has 3 N–H and O–H groups in total. The fourth-order valence-electron chi connectivity index (χ4n) is 0.205. The van der Waals surface area contributed by atoms with Crippen LogP contribution >= 0.6 is 0 Å². The molecule has 0 atom stereocenters. The van der Waals surface area contributed by atoms with E-state index < -0.39 is 0 Å². The average molecular weight is 118 g/mol. The molecule has 0 radical (unpaired) electrons. The predicted molar refractivity (Wildman–Crippen MR) is 27.4 cm³/mol. The van der Waals surface area contributed by atoms with Crippen LogP contribution in [-0.4, -0.2) is 15.4 Å². The van der Waals surface area contributed by atoms with Gasteiger partial charge in [-0.3, -0.25) is 4.70 Å². The van der Waals surface area contributed by atoms with Crippen LogP contribution in [0.5, 0.6) is 0 Å². The van der Waals surface area contributed by atoms with Gasteiger partial charge in [-0.15, -0.1) is 10.2 Å². The van der Waals surface area contributed by atoms with E-state index in [4.69, 9.17) is 0 Å². The maximum Gasteiger partial charge on any atom is 0.0529 e. The Balaban J connectivity index is 0. The summed E-state index contributed by atoms with van der Waals surface area (Å²) in [5.74, 6) is 0. The van der Waals surface area contributed by atoms with E-state index in [1.165, 1.54) is 0 Å². The van der Waals surface area contributed by atoms with Gasteiger partial charge in [0.25, 0.3) is 0 Å². The van der Waals surface area contributed by atoms with Gasteiger partial charge in [0, 0.05) is 0 Å². The highest BCUT2D eigenvalue weighted by atomic mass is 19.0. The Morgan fingerprint density at radius 2 is 1.50 bits per heavy atom. The summed E-state index contributed by atoms with van der Waals surface area (Å²) < 4.78 is 0. The Kier molecular flexibility index (Phi) is 7.38. The van der Waals surface area contributed by atoms with Crippen molar-refractivity contribution in [1.29, 1.82) is 0 Å². The third kappa shape index (κ3) is 3.10. The second-order valence-electron chi connectivity index (χ2n) is 0.811. The Hall–Kier alpha value is -1.10. The van der Waals surface area contributed by atoms with Crippen LogP contribution in [0.25, 0.3) is 0 Å². The number of aromatic nitrogens is 3. The Labute approximate surface area is 45.9 Å². The van der Waals surface area contributed by atoms with Crippen molar-refractivity contribution in [1.82, 2.24) is 21.6 Å².